The smallest absolute Gasteiger partial charge is 0.226 e. The van der Waals surface area contributed by atoms with Crippen LogP contribution in [0, 0.1) is 5.92 Å². The summed E-state index contributed by atoms with van der Waals surface area (Å²) in [5.74, 6) is 0.744. The maximum atomic E-state index is 12.2. The van der Waals surface area contributed by atoms with Crippen LogP contribution in [0.15, 0.2) is 18.2 Å². The molecule has 1 aliphatic rings. The van der Waals surface area contributed by atoms with Gasteiger partial charge >= 0.3 is 0 Å². The van der Waals surface area contributed by atoms with Crippen LogP contribution in [0.1, 0.15) is 37.6 Å². The lowest BCUT2D eigenvalue weighted by atomic mass is 10.0. The van der Waals surface area contributed by atoms with Crippen molar-refractivity contribution >= 4 is 29.0 Å². The molecule has 1 unspecified atom stereocenters. The Balaban J connectivity index is 2.44. The first-order valence-electron chi connectivity index (χ1n) is 7.18. The largest absolute Gasteiger partial charge is 0.486 e. The molecule has 1 atom stereocenters. The van der Waals surface area contributed by atoms with E-state index in [4.69, 9.17) is 16.3 Å². The van der Waals surface area contributed by atoms with E-state index in [0.717, 1.165) is 0 Å². The number of amides is 1. The fourth-order valence-corrected chi connectivity index (χ4v) is 2.49. The molecule has 4 nitrogen and oxygen atoms in total. The number of fused-ring (bicyclic) bond motifs is 1. The highest BCUT2D eigenvalue weighted by Crippen LogP contribution is 2.36. The molecule has 0 bridgehead atoms. The predicted molar refractivity (Wildman–Crippen MR) is 83.4 cm³/mol. The summed E-state index contributed by atoms with van der Waals surface area (Å²) in [5, 5.41) is 0. The van der Waals surface area contributed by atoms with Crippen LogP contribution >= 0.6 is 11.6 Å². The van der Waals surface area contributed by atoms with E-state index in [1.54, 1.807) is 23.1 Å². The van der Waals surface area contributed by atoms with Crippen molar-refractivity contribution in [2.24, 2.45) is 5.92 Å². The number of anilines is 1. The molecule has 2 rings (SSSR count). The zero-order valence-corrected chi connectivity index (χ0v) is 13.3. The van der Waals surface area contributed by atoms with Crippen molar-refractivity contribution in [2.75, 3.05) is 17.3 Å². The molecule has 5 heteroatoms. The van der Waals surface area contributed by atoms with Crippen molar-refractivity contribution in [1.82, 2.24) is 0 Å². The molecule has 0 N–H and O–H groups in total. The third kappa shape index (κ3) is 3.21. The van der Waals surface area contributed by atoms with Gasteiger partial charge in [-0.05, 0) is 24.1 Å². The zero-order valence-electron chi connectivity index (χ0n) is 12.6. The van der Waals surface area contributed by atoms with Crippen LogP contribution in [0.25, 0.3) is 0 Å². The summed E-state index contributed by atoms with van der Waals surface area (Å²) in [6, 6.07) is 5.14. The Morgan fingerprint density at radius 1 is 1.43 bits per heavy atom. The van der Waals surface area contributed by atoms with Crippen molar-refractivity contribution in [3.63, 3.8) is 0 Å². The van der Waals surface area contributed by atoms with E-state index in [0.29, 0.717) is 35.9 Å². The van der Waals surface area contributed by atoms with Gasteiger partial charge in [-0.2, -0.15) is 0 Å². The minimum absolute atomic E-state index is 0.0284. The Morgan fingerprint density at radius 3 is 2.71 bits per heavy atom. The molecule has 0 aromatic heterocycles. The topological polar surface area (TPSA) is 46.6 Å². The number of Topliss-reactive ketones (excluding diaryl/α,β-unsaturated/α-hetero) is 1. The number of alkyl halides is 1. The molecule has 1 aromatic carbocycles. The second kappa shape index (κ2) is 6.48. The Kier molecular flexibility index (Phi) is 4.88. The van der Waals surface area contributed by atoms with Gasteiger partial charge in [0.1, 0.15) is 11.9 Å². The summed E-state index contributed by atoms with van der Waals surface area (Å²) < 4.78 is 5.95. The SMILES string of the molecule is CCC(=O)N1CC(C(C)C)Oc2ccc(C(=O)CCl)cc21. The summed E-state index contributed by atoms with van der Waals surface area (Å²) in [6.07, 6.45) is 0.375. The lowest BCUT2D eigenvalue weighted by molar-refractivity contribution is -0.118. The number of hydrogen-bond acceptors (Lipinski definition) is 3. The highest BCUT2D eigenvalue weighted by Gasteiger charge is 2.31. The Hall–Kier alpha value is -1.55. The van der Waals surface area contributed by atoms with Gasteiger partial charge in [-0.15, -0.1) is 11.6 Å². The van der Waals surface area contributed by atoms with Gasteiger partial charge in [0.25, 0.3) is 0 Å². The maximum absolute atomic E-state index is 12.2. The van der Waals surface area contributed by atoms with Crippen LogP contribution in [0.5, 0.6) is 5.75 Å². The maximum Gasteiger partial charge on any atom is 0.226 e. The third-order valence-electron chi connectivity index (χ3n) is 3.68. The van der Waals surface area contributed by atoms with Crippen LogP contribution in [-0.2, 0) is 4.79 Å². The highest BCUT2D eigenvalue weighted by molar-refractivity contribution is 6.30. The molecular weight excluding hydrogens is 290 g/mol. The molecule has 0 spiro atoms. The van der Waals surface area contributed by atoms with E-state index in [2.05, 4.69) is 13.8 Å². The molecule has 0 fully saturated rings. The fourth-order valence-electron chi connectivity index (χ4n) is 2.33. The molecule has 1 aromatic rings. The average Bonchev–Trinajstić information content (AvgIpc) is 2.51. The van der Waals surface area contributed by atoms with E-state index in [1.165, 1.54) is 0 Å². The molecule has 114 valence electrons. The summed E-state index contributed by atoms with van der Waals surface area (Å²) in [4.78, 5) is 25.7. The van der Waals surface area contributed by atoms with Gasteiger partial charge in [0.05, 0.1) is 18.1 Å². The van der Waals surface area contributed by atoms with Crippen molar-refractivity contribution in [3.05, 3.63) is 23.8 Å². The number of hydrogen-bond donors (Lipinski definition) is 0. The third-order valence-corrected chi connectivity index (χ3v) is 3.92. The molecule has 1 amide bonds. The van der Waals surface area contributed by atoms with Gasteiger partial charge in [0, 0.05) is 12.0 Å². The highest BCUT2D eigenvalue weighted by atomic mass is 35.5. The molecule has 0 saturated heterocycles. The fraction of sp³-hybridized carbons (Fsp3) is 0.500. The molecule has 0 saturated carbocycles. The molecule has 21 heavy (non-hydrogen) atoms. The van der Waals surface area contributed by atoms with Gasteiger partial charge in [0.15, 0.2) is 5.78 Å². The Morgan fingerprint density at radius 2 is 2.14 bits per heavy atom. The van der Waals surface area contributed by atoms with Gasteiger partial charge < -0.3 is 9.64 Å². The number of nitrogens with zero attached hydrogens (tertiary/aromatic N) is 1. The zero-order chi connectivity index (χ0) is 15.6. The normalized spacial score (nSPS) is 17.4. The van der Waals surface area contributed by atoms with Crippen molar-refractivity contribution in [1.29, 1.82) is 0 Å². The van der Waals surface area contributed by atoms with Gasteiger partial charge in [0.2, 0.25) is 5.91 Å². The van der Waals surface area contributed by atoms with E-state index < -0.39 is 0 Å². The summed E-state index contributed by atoms with van der Waals surface area (Å²) in [5.41, 5.74) is 1.17. The minimum Gasteiger partial charge on any atom is -0.486 e. The summed E-state index contributed by atoms with van der Waals surface area (Å²) in [6.45, 7) is 6.47. The monoisotopic (exact) mass is 309 g/mol. The number of halogens is 1. The van der Waals surface area contributed by atoms with E-state index in [-0.39, 0.29) is 23.7 Å². The van der Waals surface area contributed by atoms with Crippen LogP contribution < -0.4 is 9.64 Å². The molecule has 0 aliphatic carbocycles. The van der Waals surface area contributed by atoms with Crippen LogP contribution in [0.3, 0.4) is 0 Å². The molecule has 1 aliphatic heterocycles. The van der Waals surface area contributed by atoms with E-state index >= 15 is 0 Å². The van der Waals surface area contributed by atoms with Crippen LogP contribution in [0.2, 0.25) is 0 Å². The molecular formula is C16H20ClNO3. The number of ketones is 1. The van der Waals surface area contributed by atoms with Crippen molar-refractivity contribution in [3.8, 4) is 5.75 Å². The van der Waals surface area contributed by atoms with E-state index in [9.17, 15) is 9.59 Å². The summed E-state index contributed by atoms with van der Waals surface area (Å²) in [7, 11) is 0. The lowest BCUT2D eigenvalue weighted by Crippen LogP contribution is -2.45. The Labute approximate surface area is 130 Å². The van der Waals surface area contributed by atoms with Gasteiger partial charge in [-0.1, -0.05) is 20.8 Å². The Bertz CT molecular complexity index is 556. The lowest BCUT2D eigenvalue weighted by Gasteiger charge is -2.36. The summed E-state index contributed by atoms with van der Waals surface area (Å²) >= 11 is 5.60. The average molecular weight is 310 g/mol. The second-order valence-corrected chi connectivity index (χ2v) is 5.76. The van der Waals surface area contributed by atoms with E-state index in [1.807, 2.05) is 6.92 Å². The first kappa shape index (κ1) is 15.8. The number of carbonyl (C=O) groups is 2. The van der Waals surface area contributed by atoms with Gasteiger partial charge in [-0.25, -0.2) is 0 Å². The second-order valence-electron chi connectivity index (χ2n) is 5.50. The molecule has 1 heterocycles. The number of ether oxygens (including phenoxy) is 1. The van der Waals surface area contributed by atoms with Gasteiger partial charge in [-0.3, -0.25) is 9.59 Å². The van der Waals surface area contributed by atoms with Crippen LogP contribution in [-0.4, -0.2) is 30.2 Å². The number of carbonyl (C=O) groups excluding carboxylic acids is 2. The molecule has 0 radical (unpaired) electrons. The minimum atomic E-state index is -0.158. The van der Waals surface area contributed by atoms with Crippen molar-refractivity contribution < 1.29 is 14.3 Å². The number of rotatable bonds is 4. The quantitative estimate of drug-likeness (QED) is 0.633. The number of benzene rings is 1. The first-order chi connectivity index (χ1) is 9.97. The van der Waals surface area contributed by atoms with Crippen molar-refractivity contribution in [2.45, 2.75) is 33.3 Å². The van der Waals surface area contributed by atoms with Crippen LogP contribution in [0.4, 0.5) is 5.69 Å². The standard InChI is InChI=1S/C16H20ClNO3/c1-4-16(20)18-9-15(10(2)3)21-14-6-5-11(7-12(14)18)13(19)8-17/h5-7,10,15H,4,8-9H2,1-3H3. The first-order valence-corrected chi connectivity index (χ1v) is 7.71. The predicted octanol–water partition coefficient (Wildman–Crippen LogP) is 3.27.